The summed E-state index contributed by atoms with van der Waals surface area (Å²) in [6, 6.07) is 15.9. The minimum absolute atomic E-state index is 0.134. The summed E-state index contributed by atoms with van der Waals surface area (Å²) in [4.78, 5) is 34.2. The third-order valence-corrected chi connectivity index (χ3v) is 6.35. The number of nitrogens with zero attached hydrogens (tertiary/aromatic N) is 3. The van der Waals surface area contributed by atoms with Gasteiger partial charge < -0.3 is 15.5 Å². The van der Waals surface area contributed by atoms with E-state index < -0.39 is 0 Å². The Morgan fingerprint density at radius 2 is 1.57 bits per heavy atom. The largest absolute Gasteiger partial charge is 0.322 e. The molecule has 0 saturated carbocycles. The van der Waals surface area contributed by atoms with Crippen LogP contribution in [0.3, 0.4) is 0 Å². The normalized spacial score (nSPS) is 14.5. The first-order chi connectivity index (χ1) is 16.8. The second-order valence-corrected chi connectivity index (χ2v) is 9.49. The predicted molar refractivity (Wildman–Crippen MR) is 141 cm³/mol. The van der Waals surface area contributed by atoms with Gasteiger partial charge in [0.15, 0.2) is 0 Å². The van der Waals surface area contributed by atoms with Crippen molar-refractivity contribution in [1.82, 2.24) is 14.8 Å². The molecule has 182 valence electrons. The molecule has 4 rings (SSSR count). The van der Waals surface area contributed by atoms with E-state index in [-0.39, 0.29) is 22.1 Å². The summed E-state index contributed by atoms with van der Waals surface area (Å²) >= 11 is 11.8. The van der Waals surface area contributed by atoms with Crippen LogP contribution in [0.1, 0.15) is 31.8 Å². The zero-order chi connectivity index (χ0) is 24.9. The number of amides is 2. The van der Waals surface area contributed by atoms with E-state index in [1.807, 2.05) is 31.2 Å². The first kappa shape index (κ1) is 25.1. The van der Waals surface area contributed by atoms with Crippen LogP contribution in [0.2, 0.25) is 10.3 Å². The molecular formula is C26H27Cl2N5O2. The number of anilines is 2. The minimum Gasteiger partial charge on any atom is -0.322 e. The van der Waals surface area contributed by atoms with Crippen LogP contribution in [0.15, 0.2) is 54.6 Å². The Hall–Kier alpha value is -2.97. The van der Waals surface area contributed by atoms with Crippen LogP contribution < -0.4 is 10.6 Å². The molecule has 2 aromatic carbocycles. The van der Waals surface area contributed by atoms with Crippen LogP contribution in [-0.2, 0) is 6.54 Å². The summed E-state index contributed by atoms with van der Waals surface area (Å²) in [6.07, 6.45) is 0. The number of aromatic nitrogens is 1. The van der Waals surface area contributed by atoms with Gasteiger partial charge in [-0.3, -0.25) is 14.5 Å². The molecule has 2 heterocycles. The Kier molecular flexibility index (Phi) is 8.03. The van der Waals surface area contributed by atoms with Crippen molar-refractivity contribution in [1.29, 1.82) is 0 Å². The fraction of sp³-hybridized carbons (Fsp3) is 0.269. The number of piperazine rings is 1. The molecule has 1 aliphatic heterocycles. The molecule has 2 N–H and O–H groups in total. The van der Waals surface area contributed by atoms with Gasteiger partial charge in [-0.15, -0.1) is 0 Å². The number of carbonyl (C=O) groups excluding carboxylic acids is 2. The second-order valence-electron chi connectivity index (χ2n) is 8.72. The van der Waals surface area contributed by atoms with Crippen molar-refractivity contribution in [2.24, 2.45) is 0 Å². The number of hydrogen-bond donors (Lipinski definition) is 2. The molecule has 1 aromatic heterocycles. The first-order valence-electron chi connectivity index (χ1n) is 11.3. The van der Waals surface area contributed by atoms with Gasteiger partial charge in [-0.05, 0) is 61.5 Å². The lowest BCUT2D eigenvalue weighted by molar-refractivity contribution is 0.101. The highest BCUT2D eigenvalue weighted by atomic mass is 35.5. The molecule has 2 amide bonds. The standard InChI is InChI=1S/C26H27Cl2N5O2/c1-17-6-7-21(29-26(35)20-13-23(27)31-24(28)14-20)15-22(17)30-25(34)19-5-3-4-18(12-19)16-33-10-8-32(2)9-11-33/h3-7,12-15H,8-11,16H2,1-2H3,(H,29,35)(H,30,34). The number of carbonyl (C=O) groups is 2. The van der Waals surface area contributed by atoms with E-state index in [0.29, 0.717) is 22.5 Å². The molecule has 7 nitrogen and oxygen atoms in total. The van der Waals surface area contributed by atoms with E-state index in [1.165, 1.54) is 12.1 Å². The van der Waals surface area contributed by atoms with Crippen LogP contribution in [-0.4, -0.2) is 59.8 Å². The van der Waals surface area contributed by atoms with Crippen LogP contribution in [0.5, 0.6) is 0 Å². The summed E-state index contributed by atoms with van der Waals surface area (Å²) in [5.41, 5.74) is 4.01. The maximum absolute atomic E-state index is 13.0. The van der Waals surface area contributed by atoms with Crippen molar-refractivity contribution < 1.29 is 9.59 Å². The zero-order valence-corrected chi connectivity index (χ0v) is 21.2. The van der Waals surface area contributed by atoms with E-state index in [2.05, 4.69) is 32.5 Å². The second kappa shape index (κ2) is 11.2. The Morgan fingerprint density at radius 3 is 2.29 bits per heavy atom. The molecule has 3 aromatic rings. The van der Waals surface area contributed by atoms with E-state index in [9.17, 15) is 9.59 Å². The lowest BCUT2D eigenvalue weighted by atomic mass is 10.1. The van der Waals surface area contributed by atoms with E-state index in [4.69, 9.17) is 23.2 Å². The lowest BCUT2D eigenvalue weighted by Crippen LogP contribution is -2.43. The summed E-state index contributed by atoms with van der Waals surface area (Å²) < 4.78 is 0. The Labute approximate surface area is 215 Å². The number of benzene rings is 2. The number of rotatable bonds is 6. The predicted octanol–water partition coefficient (Wildman–Crippen LogP) is 4.95. The molecule has 0 spiro atoms. The van der Waals surface area contributed by atoms with Crippen molar-refractivity contribution in [3.63, 3.8) is 0 Å². The smallest absolute Gasteiger partial charge is 0.255 e. The van der Waals surface area contributed by atoms with Gasteiger partial charge in [0.1, 0.15) is 10.3 Å². The van der Waals surface area contributed by atoms with Gasteiger partial charge >= 0.3 is 0 Å². The monoisotopic (exact) mass is 511 g/mol. The van der Waals surface area contributed by atoms with Crippen molar-refractivity contribution in [3.8, 4) is 0 Å². The highest BCUT2D eigenvalue weighted by Gasteiger charge is 2.16. The van der Waals surface area contributed by atoms with Crippen molar-refractivity contribution in [2.75, 3.05) is 43.9 Å². The molecule has 1 fully saturated rings. The molecule has 0 radical (unpaired) electrons. The summed E-state index contributed by atoms with van der Waals surface area (Å²) in [5.74, 6) is -0.585. The molecule has 1 saturated heterocycles. The quantitative estimate of drug-likeness (QED) is 0.457. The van der Waals surface area contributed by atoms with Gasteiger partial charge in [-0.2, -0.15) is 0 Å². The third-order valence-electron chi connectivity index (χ3n) is 5.96. The summed E-state index contributed by atoms with van der Waals surface area (Å²) in [7, 11) is 2.13. The first-order valence-corrected chi connectivity index (χ1v) is 12.1. The van der Waals surface area contributed by atoms with E-state index >= 15 is 0 Å². The van der Waals surface area contributed by atoms with Gasteiger partial charge in [-0.1, -0.05) is 41.4 Å². The molecule has 35 heavy (non-hydrogen) atoms. The van der Waals surface area contributed by atoms with E-state index in [0.717, 1.165) is 43.9 Å². The average molecular weight is 512 g/mol. The van der Waals surface area contributed by atoms with Crippen LogP contribution >= 0.6 is 23.2 Å². The van der Waals surface area contributed by atoms with Crippen LogP contribution in [0.4, 0.5) is 11.4 Å². The summed E-state index contributed by atoms with van der Waals surface area (Å²) in [5, 5.41) is 6.05. The number of nitrogens with one attached hydrogen (secondary N) is 2. The fourth-order valence-corrected chi connectivity index (χ4v) is 4.36. The SMILES string of the molecule is Cc1ccc(NC(=O)c2cc(Cl)nc(Cl)c2)cc1NC(=O)c1cccc(CN2CCN(C)CC2)c1. The number of pyridine rings is 1. The maximum Gasteiger partial charge on any atom is 0.255 e. The number of aryl methyl sites for hydroxylation is 1. The van der Waals surface area contributed by atoms with Gasteiger partial charge in [0.2, 0.25) is 0 Å². The van der Waals surface area contributed by atoms with Crippen molar-refractivity contribution in [3.05, 3.63) is 87.2 Å². The Morgan fingerprint density at radius 1 is 0.886 bits per heavy atom. The molecular weight excluding hydrogens is 485 g/mol. The van der Waals surface area contributed by atoms with Crippen LogP contribution in [0, 0.1) is 6.92 Å². The minimum atomic E-state index is -0.381. The van der Waals surface area contributed by atoms with Gasteiger partial charge in [0.05, 0.1) is 0 Å². The van der Waals surface area contributed by atoms with Gasteiger partial charge in [0, 0.05) is 55.2 Å². The number of halogens is 2. The average Bonchev–Trinajstić information content (AvgIpc) is 2.82. The van der Waals surface area contributed by atoms with Crippen molar-refractivity contribution in [2.45, 2.75) is 13.5 Å². The topological polar surface area (TPSA) is 77.6 Å². The van der Waals surface area contributed by atoms with Gasteiger partial charge in [-0.25, -0.2) is 4.98 Å². The van der Waals surface area contributed by atoms with Gasteiger partial charge in [0.25, 0.3) is 11.8 Å². The molecule has 0 atom stereocenters. The molecule has 9 heteroatoms. The molecule has 0 aliphatic carbocycles. The molecule has 1 aliphatic rings. The number of likely N-dealkylation sites (N-methyl/N-ethyl adjacent to an activating group) is 1. The molecule has 0 unspecified atom stereocenters. The summed E-state index contributed by atoms with van der Waals surface area (Å²) in [6.45, 7) is 6.85. The number of hydrogen-bond acceptors (Lipinski definition) is 5. The Balaban J connectivity index is 1.44. The van der Waals surface area contributed by atoms with Crippen LogP contribution in [0.25, 0.3) is 0 Å². The lowest BCUT2D eigenvalue weighted by Gasteiger charge is -2.32. The van der Waals surface area contributed by atoms with Crippen molar-refractivity contribution >= 4 is 46.4 Å². The highest BCUT2D eigenvalue weighted by Crippen LogP contribution is 2.23. The fourth-order valence-electron chi connectivity index (χ4n) is 3.90. The molecule has 0 bridgehead atoms. The highest BCUT2D eigenvalue weighted by molar-refractivity contribution is 6.33. The zero-order valence-electron chi connectivity index (χ0n) is 19.6. The Bertz CT molecular complexity index is 1220. The third kappa shape index (κ3) is 6.80. The maximum atomic E-state index is 13.0. The van der Waals surface area contributed by atoms with E-state index in [1.54, 1.807) is 18.2 Å².